The summed E-state index contributed by atoms with van der Waals surface area (Å²) in [6.45, 7) is 11.9. The van der Waals surface area contributed by atoms with Crippen LogP contribution >= 0.6 is 11.6 Å². The van der Waals surface area contributed by atoms with Gasteiger partial charge in [-0.25, -0.2) is 4.39 Å². The third kappa shape index (κ3) is 6.96. The Bertz CT molecular complexity index is 1090. The van der Waals surface area contributed by atoms with Crippen LogP contribution in [0.4, 0.5) is 4.39 Å². The van der Waals surface area contributed by atoms with Gasteiger partial charge in [-0.3, -0.25) is 9.69 Å². The molecule has 36 heavy (non-hydrogen) atoms. The first kappa shape index (κ1) is 26.4. The number of hydrogen-bond donors (Lipinski definition) is 1. The lowest BCUT2D eigenvalue weighted by molar-refractivity contribution is 0.0916. The van der Waals surface area contributed by atoms with E-state index < -0.39 is 0 Å². The fraction of sp³-hybridized carbons (Fsp3) is 0.414. The number of amides is 1. The molecule has 1 atom stereocenters. The van der Waals surface area contributed by atoms with Gasteiger partial charge in [0.05, 0.1) is 0 Å². The molecule has 1 unspecified atom stereocenters. The van der Waals surface area contributed by atoms with Crippen molar-refractivity contribution in [3.8, 4) is 0 Å². The molecule has 2 aromatic carbocycles. The van der Waals surface area contributed by atoms with Crippen molar-refractivity contribution in [3.05, 3.63) is 88.3 Å². The second-order valence-electron chi connectivity index (χ2n) is 10.0. The first-order chi connectivity index (χ1) is 17.3. The first-order valence-corrected chi connectivity index (χ1v) is 13.1. The van der Waals surface area contributed by atoms with E-state index >= 15 is 0 Å². The van der Waals surface area contributed by atoms with Gasteiger partial charge in [-0.1, -0.05) is 42.5 Å². The summed E-state index contributed by atoms with van der Waals surface area (Å²) >= 11 is 6.25. The molecule has 2 aliphatic rings. The van der Waals surface area contributed by atoms with E-state index in [9.17, 15) is 9.18 Å². The molecular weight excluding hydrogens is 475 g/mol. The zero-order chi connectivity index (χ0) is 25.7. The van der Waals surface area contributed by atoms with Crippen LogP contribution in [0.1, 0.15) is 41.3 Å². The number of piperazine rings is 1. The second-order valence-corrected chi connectivity index (χ2v) is 10.4. The van der Waals surface area contributed by atoms with Crippen molar-refractivity contribution in [2.75, 3.05) is 39.8 Å². The van der Waals surface area contributed by atoms with E-state index in [4.69, 9.17) is 11.6 Å². The van der Waals surface area contributed by atoms with Gasteiger partial charge >= 0.3 is 0 Å². The Morgan fingerprint density at radius 2 is 1.86 bits per heavy atom. The van der Waals surface area contributed by atoms with Gasteiger partial charge in [-0.05, 0) is 81.4 Å². The number of carbonyl (C=O) groups is 1. The standard InChI is InChI=1S/C29H36ClFN4O/c1-21(35-17-16-34(19-22(35)2)20-23-5-10-26(31)11-6-23)4-7-24-8-9-25(30)18-28(24)29(36)32-27-12-14-33(3)15-13-27/h4-11,18,22,27H,1,12-17,19-20H2,2-3H3,(H,32,36)/b7-4+. The van der Waals surface area contributed by atoms with Crippen LogP contribution in [-0.2, 0) is 6.54 Å². The maximum absolute atomic E-state index is 13.2. The molecule has 7 heteroatoms. The summed E-state index contributed by atoms with van der Waals surface area (Å²) in [5.41, 5.74) is 3.45. The summed E-state index contributed by atoms with van der Waals surface area (Å²) in [5.74, 6) is -0.289. The molecule has 0 saturated carbocycles. The summed E-state index contributed by atoms with van der Waals surface area (Å²) in [6, 6.07) is 12.6. The predicted molar refractivity (Wildman–Crippen MR) is 145 cm³/mol. The average Bonchev–Trinajstić information content (AvgIpc) is 2.86. The highest BCUT2D eigenvalue weighted by Gasteiger charge is 2.24. The number of nitrogens with zero attached hydrogens (tertiary/aromatic N) is 3. The van der Waals surface area contributed by atoms with Gasteiger partial charge in [-0.2, -0.15) is 0 Å². The second kappa shape index (κ2) is 12.0. The molecule has 192 valence electrons. The first-order valence-electron chi connectivity index (χ1n) is 12.7. The van der Waals surface area contributed by atoms with Crippen LogP contribution < -0.4 is 5.32 Å². The Morgan fingerprint density at radius 1 is 1.14 bits per heavy atom. The molecule has 2 heterocycles. The highest BCUT2D eigenvalue weighted by Crippen LogP contribution is 2.22. The summed E-state index contributed by atoms with van der Waals surface area (Å²) in [6.07, 6.45) is 5.85. The number of likely N-dealkylation sites (tertiary alicyclic amines) is 1. The molecule has 1 amide bonds. The fourth-order valence-electron chi connectivity index (χ4n) is 5.02. The zero-order valence-corrected chi connectivity index (χ0v) is 22.0. The topological polar surface area (TPSA) is 38.8 Å². The van der Waals surface area contributed by atoms with Crippen LogP contribution in [0, 0.1) is 5.82 Å². The average molecular weight is 511 g/mol. The van der Waals surface area contributed by atoms with Crippen LogP contribution in [0.3, 0.4) is 0 Å². The molecule has 5 nitrogen and oxygen atoms in total. The molecule has 0 aromatic heterocycles. The van der Waals surface area contributed by atoms with Gasteiger partial charge in [0.15, 0.2) is 0 Å². The van der Waals surface area contributed by atoms with Gasteiger partial charge in [-0.15, -0.1) is 0 Å². The molecule has 2 fully saturated rings. The largest absolute Gasteiger partial charge is 0.367 e. The highest BCUT2D eigenvalue weighted by molar-refractivity contribution is 6.31. The van der Waals surface area contributed by atoms with Gasteiger partial charge in [0, 0.05) is 54.5 Å². The number of carbonyl (C=O) groups excluding carboxylic acids is 1. The molecule has 0 bridgehead atoms. The van der Waals surface area contributed by atoms with Crippen molar-refractivity contribution in [2.24, 2.45) is 0 Å². The molecule has 0 spiro atoms. The molecule has 0 radical (unpaired) electrons. The monoisotopic (exact) mass is 510 g/mol. The van der Waals surface area contributed by atoms with Crippen molar-refractivity contribution >= 4 is 23.6 Å². The van der Waals surface area contributed by atoms with Gasteiger partial charge in [0.2, 0.25) is 0 Å². The van der Waals surface area contributed by atoms with Gasteiger partial charge in [0.25, 0.3) is 5.91 Å². The van der Waals surface area contributed by atoms with Crippen molar-refractivity contribution in [1.29, 1.82) is 0 Å². The summed E-state index contributed by atoms with van der Waals surface area (Å²) in [5, 5.41) is 3.74. The maximum Gasteiger partial charge on any atom is 0.252 e. The Kier molecular flexibility index (Phi) is 8.83. The van der Waals surface area contributed by atoms with Crippen molar-refractivity contribution < 1.29 is 9.18 Å². The molecule has 4 rings (SSSR count). The Labute approximate surface area is 219 Å². The number of rotatable bonds is 7. The Hall–Kier alpha value is -2.67. The summed E-state index contributed by atoms with van der Waals surface area (Å²) in [7, 11) is 2.11. The van der Waals surface area contributed by atoms with Gasteiger partial charge in [0.1, 0.15) is 5.82 Å². The summed E-state index contributed by atoms with van der Waals surface area (Å²) < 4.78 is 13.2. The van der Waals surface area contributed by atoms with Crippen LogP contribution in [0.5, 0.6) is 0 Å². The van der Waals surface area contributed by atoms with E-state index in [1.54, 1.807) is 6.07 Å². The molecule has 1 N–H and O–H groups in total. The highest BCUT2D eigenvalue weighted by atomic mass is 35.5. The van der Waals surface area contributed by atoms with E-state index in [0.29, 0.717) is 10.6 Å². The lowest BCUT2D eigenvalue weighted by atomic mass is 10.0. The van der Waals surface area contributed by atoms with E-state index in [-0.39, 0.29) is 23.8 Å². The lowest BCUT2D eigenvalue weighted by Gasteiger charge is -2.41. The minimum atomic E-state index is -0.205. The van der Waals surface area contributed by atoms with E-state index in [1.165, 1.54) is 12.1 Å². The Morgan fingerprint density at radius 3 is 2.56 bits per heavy atom. The molecule has 2 saturated heterocycles. The van der Waals surface area contributed by atoms with Crippen LogP contribution in [-0.4, -0.2) is 72.5 Å². The minimum absolute atomic E-state index is 0.0832. The molecule has 2 aliphatic heterocycles. The van der Waals surface area contributed by atoms with Crippen molar-refractivity contribution in [2.45, 2.75) is 38.4 Å². The van der Waals surface area contributed by atoms with Crippen LogP contribution in [0.2, 0.25) is 5.02 Å². The SMILES string of the molecule is C=C(/C=C/c1ccc(Cl)cc1C(=O)NC1CCN(C)CC1)N1CCN(Cc2ccc(F)cc2)CC1C. The van der Waals surface area contributed by atoms with E-state index in [0.717, 1.165) is 68.9 Å². The van der Waals surface area contributed by atoms with E-state index in [1.807, 2.05) is 36.4 Å². The van der Waals surface area contributed by atoms with Crippen molar-refractivity contribution in [1.82, 2.24) is 20.0 Å². The number of nitrogens with one attached hydrogen (secondary N) is 1. The number of hydrogen-bond acceptors (Lipinski definition) is 4. The molecule has 0 aliphatic carbocycles. The van der Waals surface area contributed by atoms with Gasteiger partial charge < -0.3 is 15.1 Å². The number of allylic oxidation sites excluding steroid dienone is 1. The van der Waals surface area contributed by atoms with Crippen LogP contribution in [0.15, 0.2) is 60.8 Å². The third-order valence-electron chi connectivity index (χ3n) is 7.17. The molecular formula is C29H36ClFN4O. The Balaban J connectivity index is 1.37. The maximum atomic E-state index is 13.2. The number of piperidine rings is 1. The third-order valence-corrected chi connectivity index (χ3v) is 7.40. The zero-order valence-electron chi connectivity index (χ0n) is 21.2. The van der Waals surface area contributed by atoms with E-state index in [2.05, 4.69) is 40.6 Å². The van der Waals surface area contributed by atoms with Crippen LogP contribution in [0.25, 0.3) is 6.08 Å². The smallest absolute Gasteiger partial charge is 0.252 e. The number of halogens is 2. The minimum Gasteiger partial charge on any atom is -0.367 e. The quantitative estimate of drug-likeness (QED) is 0.530. The fourth-order valence-corrected chi connectivity index (χ4v) is 5.19. The molecule has 2 aromatic rings. The normalized spacial score (nSPS) is 20.1. The summed E-state index contributed by atoms with van der Waals surface area (Å²) in [4.78, 5) is 20.1. The van der Waals surface area contributed by atoms with Crippen molar-refractivity contribution in [3.63, 3.8) is 0 Å². The number of benzene rings is 2. The lowest BCUT2D eigenvalue weighted by Crippen LogP contribution is -2.50. The predicted octanol–water partition coefficient (Wildman–Crippen LogP) is 5.04.